The molecule has 1 aliphatic heterocycles. The highest BCUT2D eigenvalue weighted by Crippen LogP contribution is 2.24. The fourth-order valence-electron chi connectivity index (χ4n) is 2.95. The van der Waals surface area contributed by atoms with E-state index < -0.39 is 41.0 Å². The maximum atomic E-state index is 13.5. The maximum absolute atomic E-state index is 13.5. The Morgan fingerprint density at radius 2 is 1.68 bits per heavy atom. The summed E-state index contributed by atoms with van der Waals surface area (Å²) in [7, 11) is 0. The van der Waals surface area contributed by atoms with Crippen LogP contribution in [-0.4, -0.2) is 42.3 Å². The summed E-state index contributed by atoms with van der Waals surface area (Å²) in [6, 6.07) is 1.59. The summed E-state index contributed by atoms with van der Waals surface area (Å²) in [5.41, 5.74) is -0.991. The number of nitrogens with zero attached hydrogens (tertiary/aromatic N) is 1. The summed E-state index contributed by atoms with van der Waals surface area (Å²) < 4.78 is 39.6. The molecule has 0 spiro atoms. The standard InChI is InChI=1S/C19H24F3N3O3/c1-19(2,3)18(28)25-8-6-11(7-9-25)17(27)23-10-14(26)24-13-5-4-12(20)15(21)16(13)22/h4-5,11H,6-10H2,1-3H3,(H,23,27)(H,24,26). The molecule has 1 aromatic rings. The van der Waals surface area contributed by atoms with Gasteiger partial charge in [0.15, 0.2) is 17.5 Å². The van der Waals surface area contributed by atoms with Crippen molar-refractivity contribution in [1.29, 1.82) is 0 Å². The van der Waals surface area contributed by atoms with E-state index in [1.54, 1.807) is 4.90 Å². The molecule has 0 aromatic heterocycles. The average molecular weight is 399 g/mol. The molecule has 6 nitrogen and oxygen atoms in total. The SMILES string of the molecule is CC(C)(C)C(=O)N1CCC(C(=O)NCC(=O)Nc2ccc(F)c(F)c2F)CC1. The van der Waals surface area contributed by atoms with Crippen molar-refractivity contribution in [1.82, 2.24) is 10.2 Å². The molecule has 2 rings (SSSR count). The number of carbonyl (C=O) groups is 3. The Morgan fingerprint density at radius 3 is 2.25 bits per heavy atom. The Hall–Kier alpha value is -2.58. The number of halogens is 3. The molecule has 3 amide bonds. The van der Waals surface area contributed by atoms with Crippen molar-refractivity contribution < 1.29 is 27.6 Å². The van der Waals surface area contributed by atoms with Gasteiger partial charge in [-0.2, -0.15) is 0 Å². The largest absolute Gasteiger partial charge is 0.347 e. The summed E-state index contributed by atoms with van der Waals surface area (Å²) in [6.45, 7) is 5.99. The van der Waals surface area contributed by atoms with Gasteiger partial charge in [-0.05, 0) is 25.0 Å². The first-order valence-electron chi connectivity index (χ1n) is 9.01. The van der Waals surface area contributed by atoms with Crippen LogP contribution in [-0.2, 0) is 14.4 Å². The van der Waals surface area contributed by atoms with E-state index in [4.69, 9.17) is 0 Å². The van der Waals surface area contributed by atoms with Crippen LogP contribution in [0.15, 0.2) is 12.1 Å². The van der Waals surface area contributed by atoms with Crippen molar-refractivity contribution in [2.24, 2.45) is 11.3 Å². The molecule has 0 saturated carbocycles. The van der Waals surface area contributed by atoms with Crippen molar-refractivity contribution in [2.45, 2.75) is 33.6 Å². The van der Waals surface area contributed by atoms with Crippen LogP contribution in [0, 0.1) is 28.8 Å². The van der Waals surface area contributed by atoms with Crippen molar-refractivity contribution >= 4 is 23.4 Å². The minimum atomic E-state index is -1.68. The molecule has 28 heavy (non-hydrogen) atoms. The van der Waals surface area contributed by atoms with Gasteiger partial charge >= 0.3 is 0 Å². The highest BCUT2D eigenvalue weighted by Gasteiger charge is 2.32. The van der Waals surface area contributed by atoms with E-state index in [9.17, 15) is 27.6 Å². The van der Waals surface area contributed by atoms with Crippen LogP contribution in [0.1, 0.15) is 33.6 Å². The third-order valence-electron chi connectivity index (χ3n) is 4.53. The maximum Gasteiger partial charge on any atom is 0.243 e. The molecule has 2 N–H and O–H groups in total. The fraction of sp³-hybridized carbons (Fsp3) is 0.526. The van der Waals surface area contributed by atoms with E-state index in [2.05, 4.69) is 10.6 Å². The zero-order chi connectivity index (χ0) is 21.1. The Labute approximate surface area is 161 Å². The number of amides is 3. The van der Waals surface area contributed by atoms with Crippen LogP contribution in [0.3, 0.4) is 0 Å². The van der Waals surface area contributed by atoms with E-state index in [1.165, 1.54) is 0 Å². The van der Waals surface area contributed by atoms with Crippen molar-refractivity contribution in [3.8, 4) is 0 Å². The number of rotatable bonds is 4. The molecule has 0 unspecified atom stereocenters. The lowest BCUT2D eigenvalue weighted by molar-refractivity contribution is -0.142. The molecular weight excluding hydrogens is 375 g/mol. The van der Waals surface area contributed by atoms with Gasteiger partial charge in [-0.15, -0.1) is 0 Å². The predicted molar refractivity (Wildman–Crippen MR) is 96.7 cm³/mol. The number of carbonyl (C=O) groups excluding carboxylic acids is 3. The smallest absolute Gasteiger partial charge is 0.243 e. The topological polar surface area (TPSA) is 78.5 Å². The summed E-state index contributed by atoms with van der Waals surface area (Å²) in [5.74, 6) is -5.97. The molecule has 1 aromatic carbocycles. The van der Waals surface area contributed by atoms with Gasteiger partial charge in [-0.1, -0.05) is 20.8 Å². The van der Waals surface area contributed by atoms with Gasteiger partial charge in [0.2, 0.25) is 17.7 Å². The van der Waals surface area contributed by atoms with Crippen molar-refractivity contribution in [3.63, 3.8) is 0 Å². The lowest BCUT2D eigenvalue weighted by Crippen LogP contribution is -2.47. The van der Waals surface area contributed by atoms with Crippen molar-refractivity contribution in [3.05, 3.63) is 29.6 Å². The monoisotopic (exact) mass is 399 g/mol. The van der Waals surface area contributed by atoms with Gasteiger partial charge in [-0.25, -0.2) is 13.2 Å². The molecule has 1 saturated heterocycles. The van der Waals surface area contributed by atoms with Gasteiger partial charge < -0.3 is 15.5 Å². The number of hydrogen-bond acceptors (Lipinski definition) is 3. The van der Waals surface area contributed by atoms with E-state index in [-0.39, 0.29) is 17.7 Å². The lowest BCUT2D eigenvalue weighted by atomic mass is 9.90. The highest BCUT2D eigenvalue weighted by atomic mass is 19.2. The molecule has 9 heteroatoms. The number of benzene rings is 1. The second-order valence-corrected chi connectivity index (χ2v) is 7.81. The summed E-state index contributed by atoms with van der Waals surface area (Å²) in [5, 5.41) is 4.53. The van der Waals surface area contributed by atoms with Crippen molar-refractivity contribution in [2.75, 3.05) is 25.0 Å². The van der Waals surface area contributed by atoms with E-state index >= 15 is 0 Å². The second kappa shape index (κ2) is 8.62. The van der Waals surface area contributed by atoms with Crippen LogP contribution in [0.2, 0.25) is 0 Å². The average Bonchev–Trinajstić information content (AvgIpc) is 2.65. The molecule has 1 heterocycles. The van der Waals surface area contributed by atoms with Gasteiger partial charge in [0, 0.05) is 24.4 Å². The molecular formula is C19H24F3N3O3. The Bertz CT molecular complexity index is 770. The van der Waals surface area contributed by atoms with Gasteiger partial charge in [-0.3, -0.25) is 14.4 Å². The molecule has 0 radical (unpaired) electrons. The third-order valence-corrected chi connectivity index (χ3v) is 4.53. The normalized spacial score (nSPS) is 15.3. The van der Waals surface area contributed by atoms with E-state index in [0.29, 0.717) is 32.0 Å². The van der Waals surface area contributed by atoms with Crippen LogP contribution in [0.5, 0.6) is 0 Å². The molecule has 0 bridgehead atoms. The minimum absolute atomic E-state index is 0.0271. The first kappa shape index (κ1) is 21.7. The number of piperidine rings is 1. The summed E-state index contributed by atoms with van der Waals surface area (Å²) in [6.07, 6.45) is 0.958. The van der Waals surface area contributed by atoms with Crippen LogP contribution >= 0.6 is 0 Å². The summed E-state index contributed by atoms with van der Waals surface area (Å²) in [4.78, 5) is 38.0. The molecule has 1 fully saturated rings. The van der Waals surface area contributed by atoms with Gasteiger partial charge in [0.05, 0.1) is 12.2 Å². The summed E-state index contributed by atoms with van der Waals surface area (Å²) >= 11 is 0. The minimum Gasteiger partial charge on any atom is -0.347 e. The van der Waals surface area contributed by atoms with Crippen LogP contribution in [0.4, 0.5) is 18.9 Å². The molecule has 0 aliphatic carbocycles. The Kier molecular flexibility index (Phi) is 6.69. The fourth-order valence-corrected chi connectivity index (χ4v) is 2.95. The molecule has 0 atom stereocenters. The van der Waals surface area contributed by atoms with Crippen LogP contribution in [0.25, 0.3) is 0 Å². The number of hydrogen-bond donors (Lipinski definition) is 2. The molecule has 1 aliphatic rings. The quantitative estimate of drug-likeness (QED) is 0.764. The Morgan fingerprint density at radius 1 is 1.07 bits per heavy atom. The van der Waals surface area contributed by atoms with E-state index in [0.717, 1.165) is 6.07 Å². The van der Waals surface area contributed by atoms with E-state index in [1.807, 2.05) is 20.8 Å². The predicted octanol–water partition coefficient (Wildman–Crippen LogP) is 2.44. The Balaban J connectivity index is 1.81. The number of anilines is 1. The first-order chi connectivity index (χ1) is 13.0. The van der Waals surface area contributed by atoms with Gasteiger partial charge in [0.25, 0.3) is 0 Å². The van der Waals surface area contributed by atoms with Gasteiger partial charge in [0.1, 0.15) is 0 Å². The lowest BCUT2D eigenvalue weighted by Gasteiger charge is -2.35. The third kappa shape index (κ3) is 5.24. The first-order valence-corrected chi connectivity index (χ1v) is 9.01. The molecule has 154 valence electrons. The zero-order valence-corrected chi connectivity index (χ0v) is 16.1. The van der Waals surface area contributed by atoms with Crippen LogP contribution < -0.4 is 10.6 Å². The zero-order valence-electron chi connectivity index (χ0n) is 16.1. The number of likely N-dealkylation sites (tertiary alicyclic amines) is 1. The highest BCUT2D eigenvalue weighted by molar-refractivity contribution is 5.95. The second-order valence-electron chi connectivity index (χ2n) is 7.81. The number of nitrogens with one attached hydrogen (secondary N) is 2.